The van der Waals surface area contributed by atoms with Gasteiger partial charge in [0, 0.05) is 11.3 Å². The molecule has 0 radical (unpaired) electrons. The van der Waals surface area contributed by atoms with Crippen LogP contribution in [0.15, 0.2) is 42.5 Å². The molecule has 0 N–H and O–H groups in total. The molecule has 28 heavy (non-hydrogen) atoms. The smallest absolute Gasteiger partial charge is 0.321 e. The number of hydrogen-bond donors (Lipinski definition) is 0. The Morgan fingerprint density at radius 1 is 1.21 bits per heavy atom. The lowest BCUT2D eigenvalue weighted by Crippen LogP contribution is -2.47. The van der Waals surface area contributed by atoms with Crippen molar-refractivity contribution in [2.45, 2.75) is 51.6 Å². The summed E-state index contributed by atoms with van der Waals surface area (Å²) in [6.45, 7) is 4.70. The molecule has 0 saturated heterocycles. The van der Waals surface area contributed by atoms with Gasteiger partial charge in [-0.3, -0.25) is 19.7 Å². The summed E-state index contributed by atoms with van der Waals surface area (Å²) in [5.74, 6) is -1.78. The van der Waals surface area contributed by atoms with Crippen LogP contribution >= 0.6 is 0 Å². The number of ether oxygens (including phenoxy) is 1. The number of Topliss-reactive ketones (excluding diaryl/α,β-unsaturated/α-hetero) is 1. The third kappa shape index (κ3) is 3.77. The lowest BCUT2D eigenvalue weighted by atomic mass is 9.69. The second kappa shape index (κ2) is 7.34. The largest absolute Gasteiger partial charge is 0.459 e. The Balaban J connectivity index is 2.14. The fourth-order valence-electron chi connectivity index (χ4n) is 4.11. The fourth-order valence-corrected chi connectivity index (χ4v) is 4.11. The number of fused-ring (bicyclic) bond motifs is 1. The molecule has 3 rings (SSSR count). The van der Waals surface area contributed by atoms with E-state index in [1.54, 1.807) is 26.8 Å². The van der Waals surface area contributed by atoms with E-state index in [0.29, 0.717) is 12.0 Å². The molecule has 0 amide bonds. The predicted octanol–water partition coefficient (Wildman–Crippen LogP) is 4.28. The van der Waals surface area contributed by atoms with E-state index in [-0.39, 0.29) is 18.6 Å². The monoisotopic (exact) mass is 383 g/mol. The van der Waals surface area contributed by atoms with Crippen LogP contribution in [0.4, 0.5) is 0 Å². The molecule has 148 valence electrons. The van der Waals surface area contributed by atoms with Crippen LogP contribution in [0.5, 0.6) is 0 Å². The molecule has 0 unspecified atom stereocenters. The maximum Gasteiger partial charge on any atom is 0.321 e. The Bertz CT molecular complexity index is 930. The van der Waals surface area contributed by atoms with Gasteiger partial charge in [0.25, 0.3) is 0 Å². The van der Waals surface area contributed by atoms with E-state index >= 15 is 0 Å². The number of hydrogen-bond acceptors (Lipinski definition) is 5. The molecule has 1 fully saturated rings. The van der Waals surface area contributed by atoms with Crippen molar-refractivity contribution in [3.05, 3.63) is 58.1 Å². The van der Waals surface area contributed by atoms with E-state index in [9.17, 15) is 19.7 Å². The van der Waals surface area contributed by atoms with E-state index < -0.39 is 34.4 Å². The highest BCUT2D eigenvalue weighted by Crippen LogP contribution is 2.48. The lowest BCUT2D eigenvalue weighted by molar-refractivity contribution is -0.485. The van der Waals surface area contributed by atoms with Crippen molar-refractivity contribution in [2.24, 2.45) is 5.41 Å². The minimum Gasteiger partial charge on any atom is -0.459 e. The van der Waals surface area contributed by atoms with E-state index in [0.717, 1.165) is 10.8 Å². The van der Waals surface area contributed by atoms with E-state index in [1.807, 2.05) is 36.4 Å². The summed E-state index contributed by atoms with van der Waals surface area (Å²) >= 11 is 0. The zero-order chi connectivity index (χ0) is 20.5. The molecule has 0 spiro atoms. The number of nitro groups is 1. The molecular formula is C22H25NO5. The van der Waals surface area contributed by atoms with Gasteiger partial charge in [-0.15, -0.1) is 0 Å². The number of benzene rings is 2. The van der Waals surface area contributed by atoms with Gasteiger partial charge >= 0.3 is 5.97 Å². The molecule has 6 nitrogen and oxygen atoms in total. The maximum absolute atomic E-state index is 13.2. The van der Waals surface area contributed by atoms with Crippen LogP contribution in [0.2, 0.25) is 0 Å². The summed E-state index contributed by atoms with van der Waals surface area (Å²) in [6.07, 6.45) is 1.03. The van der Waals surface area contributed by atoms with Crippen molar-refractivity contribution in [2.75, 3.05) is 6.54 Å². The molecule has 1 aliphatic carbocycles. The van der Waals surface area contributed by atoms with E-state index in [1.165, 1.54) is 0 Å². The molecule has 2 aromatic carbocycles. The highest BCUT2D eigenvalue weighted by molar-refractivity contribution is 6.06. The zero-order valence-corrected chi connectivity index (χ0v) is 16.4. The van der Waals surface area contributed by atoms with Gasteiger partial charge in [0.05, 0.1) is 5.92 Å². The van der Waals surface area contributed by atoms with Crippen LogP contribution in [0, 0.1) is 15.5 Å². The van der Waals surface area contributed by atoms with Gasteiger partial charge in [0.2, 0.25) is 6.54 Å². The molecular weight excluding hydrogens is 358 g/mol. The Morgan fingerprint density at radius 3 is 2.46 bits per heavy atom. The zero-order valence-electron chi connectivity index (χ0n) is 16.4. The summed E-state index contributed by atoms with van der Waals surface area (Å²) in [4.78, 5) is 37.2. The van der Waals surface area contributed by atoms with E-state index in [4.69, 9.17) is 4.74 Å². The SMILES string of the molecule is CC(C)(C)OC(=O)[C@@]1([C@@H](C[N+](=O)[O-])c2ccc3ccccc3c2)CCCC1=O. The summed E-state index contributed by atoms with van der Waals surface area (Å²) in [6, 6.07) is 13.2. The summed E-state index contributed by atoms with van der Waals surface area (Å²) in [5.41, 5.74) is -1.67. The second-order valence-electron chi connectivity index (χ2n) is 8.42. The molecule has 0 aliphatic heterocycles. The number of rotatable bonds is 5. The summed E-state index contributed by atoms with van der Waals surface area (Å²) in [5, 5.41) is 13.4. The third-order valence-electron chi connectivity index (χ3n) is 5.34. The average molecular weight is 383 g/mol. The third-order valence-corrected chi connectivity index (χ3v) is 5.34. The predicted molar refractivity (Wildman–Crippen MR) is 106 cm³/mol. The molecule has 6 heteroatoms. The van der Waals surface area contributed by atoms with Crippen LogP contribution < -0.4 is 0 Å². The number of nitrogens with zero attached hydrogens (tertiary/aromatic N) is 1. The maximum atomic E-state index is 13.2. The Kier molecular flexibility index (Phi) is 5.24. The van der Waals surface area contributed by atoms with Crippen LogP contribution in [-0.4, -0.2) is 28.8 Å². The first-order valence-corrected chi connectivity index (χ1v) is 9.51. The molecule has 2 aromatic rings. The van der Waals surface area contributed by atoms with Gasteiger partial charge < -0.3 is 4.74 Å². The normalized spacial score (nSPS) is 20.9. The molecule has 1 saturated carbocycles. The second-order valence-corrected chi connectivity index (χ2v) is 8.42. The van der Waals surface area contributed by atoms with Gasteiger partial charge in [0.15, 0.2) is 5.78 Å². The molecule has 1 aliphatic rings. The number of ketones is 1. The van der Waals surface area contributed by atoms with Gasteiger partial charge in [-0.05, 0) is 49.9 Å². The Labute approximate surface area is 164 Å². The van der Waals surface area contributed by atoms with E-state index in [2.05, 4.69) is 0 Å². The van der Waals surface area contributed by atoms with Crippen LogP contribution in [0.25, 0.3) is 10.8 Å². The highest BCUT2D eigenvalue weighted by Gasteiger charge is 2.58. The minimum atomic E-state index is -1.51. The Morgan fingerprint density at radius 2 is 1.89 bits per heavy atom. The van der Waals surface area contributed by atoms with Gasteiger partial charge in [0.1, 0.15) is 11.0 Å². The molecule has 0 heterocycles. The van der Waals surface area contributed by atoms with Gasteiger partial charge in [-0.2, -0.15) is 0 Å². The lowest BCUT2D eigenvalue weighted by Gasteiger charge is -2.34. The highest BCUT2D eigenvalue weighted by atomic mass is 16.6. The Hall–Kier alpha value is -2.76. The molecule has 0 aromatic heterocycles. The summed E-state index contributed by atoms with van der Waals surface area (Å²) < 4.78 is 5.58. The van der Waals surface area contributed by atoms with Crippen molar-refractivity contribution in [3.8, 4) is 0 Å². The van der Waals surface area contributed by atoms with Crippen molar-refractivity contribution in [1.82, 2.24) is 0 Å². The van der Waals surface area contributed by atoms with Gasteiger partial charge in [-0.1, -0.05) is 42.5 Å². The topological polar surface area (TPSA) is 86.5 Å². The summed E-state index contributed by atoms with van der Waals surface area (Å²) in [7, 11) is 0. The first-order chi connectivity index (χ1) is 13.1. The fraction of sp³-hybridized carbons (Fsp3) is 0.455. The molecule has 2 atom stereocenters. The molecule has 0 bridgehead atoms. The van der Waals surface area contributed by atoms with Crippen molar-refractivity contribution in [3.63, 3.8) is 0 Å². The van der Waals surface area contributed by atoms with Crippen molar-refractivity contribution in [1.29, 1.82) is 0 Å². The number of esters is 1. The standard InChI is InChI=1S/C22H25NO5/c1-21(2,3)28-20(25)22(12-6-9-19(22)24)18(14-23(26)27)17-11-10-15-7-4-5-8-16(15)13-17/h4-5,7-8,10-11,13,18H,6,9,12,14H2,1-3H3/t18-,22+/m0/s1. The number of carbonyl (C=O) groups is 2. The average Bonchev–Trinajstić information content (AvgIpc) is 3.00. The quantitative estimate of drug-likeness (QED) is 0.333. The van der Waals surface area contributed by atoms with Crippen LogP contribution in [0.3, 0.4) is 0 Å². The minimum absolute atomic E-state index is 0.237. The van der Waals surface area contributed by atoms with Gasteiger partial charge in [-0.25, -0.2) is 0 Å². The van der Waals surface area contributed by atoms with Crippen LogP contribution in [-0.2, 0) is 14.3 Å². The van der Waals surface area contributed by atoms with Crippen molar-refractivity contribution >= 4 is 22.5 Å². The number of carbonyl (C=O) groups excluding carboxylic acids is 2. The first-order valence-electron chi connectivity index (χ1n) is 9.51. The van der Waals surface area contributed by atoms with Crippen LogP contribution in [0.1, 0.15) is 51.5 Å². The van der Waals surface area contributed by atoms with Crippen molar-refractivity contribution < 1.29 is 19.2 Å². The first kappa shape index (κ1) is 20.0.